The summed E-state index contributed by atoms with van der Waals surface area (Å²) in [5, 5.41) is 4.57. The summed E-state index contributed by atoms with van der Waals surface area (Å²) in [6.07, 6.45) is 3.76. The minimum absolute atomic E-state index is 0.294. The molecule has 0 aliphatic carbocycles. The van der Waals surface area contributed by atoms with Gasteiger partial charge in [0.2, 0.25) is 5.95 Å². The van der Waals surface area contributed by atoms with Crippen LogP contribution in [0, 0.1) is 0 Å². The Morgan fingerprint density at radius 2 is 2.10 bits per heavy atom. The monoisotopic (exact) mass is 295 g/mol. The molecule has 6 nitrogen and oxygen atoms in total. The van der Waals surface area contributed by atoms with E-state index in [2.05, 4.69) is 21.6 Å². The van der Waals surface area contributed by atoms with E-state index in [1.165, 1.54) is 0 Å². The van der Waals surface area contributed by atoms with Crippen LogP contribution in [0.4, 0.5) is 5.95 Å². The number of aryl methyl sites for hydroxylation is 2. The number of hydrogen-bond acceptors (Lipinski definition) is 4. The second-order valence-electron chi connectivity index (χ2n) is 5.41. The smallest absolute Gasteiger partial charge is 0.202 e. The number of anilines is 1. The van der Waals surface area contributed by atoms with Crippen molar-refractivity contribution in [2.45, 2.75) is 38.6 Å². The van der Waals surface area contributed by atoms with Crippen LogP contribution in [0.15, 0.2) is 0 Å². The molecule has 0 bridgehead atoms. The molecule has 0 atom stereocenters. The molecule has 2 N–H and O–H groups in total. The lowest BCUT2D eigenvalue weighted by Crippen LogP contribution is -2.23. The first-order chi connectivity index (χ1) is 9.61. The van der Waals surface area contributed by atoms with Crippen molar-refractivity contribution in [1.82, 2.24) is 19.3 Å². The molecule has 3 heterocycles. The summed E-state index contributed by atoms with van der Waals surface area (Å²) in [6.45, 7) is 2.14. The van der Waals surface area contributed by atoms with Crippen molar-refractivity contribution in [3.05, 3.63) is 5.69 Å². The average Bonchev–Trinajstić information content (AvgIpc) is 2.90. The Morgan fingerprint density at radius 3 is 2.75 bits per heavy atom. The van der Waals surface area contributed by atoms with Crippen LogP contribution in [0.25, 0.3) is 11.2 Å². The zero-order valence-corrected chi connectivity index (χ0v) is 12.8. The Morgan fingerprint density at radius 1 is 1.40 bits per heavy atom. The third-order valence-electron chi connectivity index (χ3n) is 3.97. The molecule has 2 aromatic rings. The fourth-order valence-electron chi connectivity index (χ4n) is 3.02. The molecular formula is C13H21N5OS. The van der Waals surface area contributed by atoms with Gasteiger partial charge in [-0.1, -0.05) is 13.3 Å². The molecule has 1 saturated heterocycles. The van der Waals surface area contributed by atoms with E-state index in [0.29, 0.717) is 12.0 Å². The molecule has 0 saturated carbocycles. The first-order valence-corrected chi connectivity index (χ1v) is 8.64. The van der Waals surface area contributed by atoms with E-state index in [4.69, 9.17) is 5.73 Å². The molecule has 20 heavy (non-hydrogen) atoms. The van der Waals surface area contributed by atoms with E-state index in [1.807, 2.05) is 11.7 Å². The Balaban J connectivity index is 2.06. The SMILES string of the molecule is CCCc1nn(C)c2c1nc(N)n2C1CCS(=O)CC1. The Hall–Kier alpha value is -1.37. The zero-order chi connectivity index (χ0) is 14.3. The maximum absolute atomic E-state index is 11.5. The van der Waals surface area contributed by atoms with E-state index in [0.717, 1.165) is 54.0 Å². The third kappa shape index (κ3) is 2.13. The van der Waals surface area contributed by atoms with Gasteiger partial charge in [0.25, 0.3) is 0 Å². The van der Waals surface area contributed by atoms with E-state index >= 15 is 0 Å². The average molecular weight is 295 g/mol. The van der Waals surface area contributed by atoms with Crippen LogP contribution in [-0.4, -0.2) is 35.0 Å². The molecule has 3 rings (SSSR count). The van der Waals surface area contributed by atoms with Gasteiger partial charge in [-0.3, -0.25) is 13.5 Å². The highest BCUT2D eigenvalue weighted by molar-refractivity contribution is 7.85. The van der Waals surface area contributed by atoms with E-state index in [-0.39, 0.29) is 0 Å². The van der Waals surface area contributed by atoms with Crippen LogP contribution in [-0.2, 0) is 24.3 Å². The van der Waals surface area contributed by atoms with Crippen LogP contribution in [0.3, 0.4) is 0 Å². The minimum Gasteiger partial charge on any atom is -0.369 e. The van der Waals surface area contributed by atoms with Gasteiger partial charge in [-0.25, -0.2) is 4.98 Å². The Labute approximate surface area is 120 Å². The van der Waals surface area contributed by atoms with Gasteiger partial charge >= 0.3 is 0 Å². The third-order valence-corrected chi connectivity index (χ3v) is 5.36. The molecule has 0 aromatic carbocycles. The lowest BCUT2D eigenvalue weighted by Gasteiger charge is -2.24. The number of fused-ring (bicyclic) bond motifs is 1. The minimum atomic E-state index is -0.663. The van der Waals surface area contributed by atoms with Crippen LogP contribution < -0.4 is 5.73 Å². The zero-order valence-electron chi connectivity index (χ0n) is 12.0. The fourth-order valence-corrected chi connectivity index (χ4v) is 4.30. The number of hydrogen-bond donors (Lipinski definition) is 1. The van der Waals surface area contributed by atoms with Gasteiger partial charge in [0.15, 0.2) is 5.65 Å². The summed E-state index contributed by atoms with van der Waals surface area (Å²) in [7, 11) is 1.28. The number of aromatic nitrogens is 4. The maximum atomic E-state index is 11.5. The largest absolute Gasteiger partial charge is 0.369 e. The predicted octanol–water partition coefficient (Wildman–Crippen LogP) is 1.39. The number of nitrogens with two attached hydrogens (primary N) is 1. The van der Waals surface area contributed by atoms with Crippen molar-refractivity contribution < 1.29 is 4.21 Å². The van der Waals surface area contributed by atoms with Gasteiger partial charge in [0.1, 0.15) is 5.52 Å². The highest BCUT2D eigenvalue weighted by Crippen LogP contribution is 2.31. The molecular weight excluding hydrogens is 274 g/mol. The molecule has 2 aromatic heterocycles. The van der Waals surface area contributed by atoms with Crippen molar-refractivity contribution in [3.63, 3.8) is 0 Å². The van der Waals surface area contributed by atoms with Gasteiger partial charge in [-0.15, -0.1) is 0 Å². The normalized spacial score (nSPS) is 23.5. The Kier molecular flexibility index (Phi) is 3.54. The molecule has 0 radical (unpaired) electrons. The number of nitrogen functional groups attached to an aromatic ring is 1. The molecule has 1 aliphatic rings. The van der Waals surface area contributed by atoms with Crippen molar-refractivity contribution in [2.24, 2.45) is 7.05 Å². The highest BCUT2D eigenvalue weighted by atomic mass is 32.2. The van der Waals surface area contributed by atoms with Gasteiger partial charge < -0.3 is 5.73 Å². The first-order valence-electron chi connectivity index (χ1n) is 7.16. The summed E-state index contributed by atoms with van der Waals surface area (Å²) in [5.41, 5.74) is 9.09. The molecule has 0 spiro atoms. The van der Waals surface area contributed by atoms with Gasteiger partial charge in [-0.2, -0.15) is 5.10 Å². The van der Waals surface area contributed by atoms with Crippen molar-refractivity contribution in [3.8, 4) is 0 Å². The summed E-state index contributed by atoms with van der Waals surface area (Å²) in [5.74, 6) is 2.07. The number of imidazole rings is 1. The first kappa shape index (κ1) is 13.6. The highest BCUT2D eigenvalue weighted by Gasteiger charge is 2.26. The molecule has 7 heteroatoms. The number of nitrogens with zero attached hydrogens (tertiary/aromatic N) is 4. The lowest BCUT2D eigenvalue weighted by atomic mass is 10.1. The van der Waals surface area contributed by atoms with Crippen LogP contribution in [0.2, 0.25) is 0 Å². The molecule has 110 valence electrons. The van der Waals surface area contributed by atoms with E-state index in [9.17, 15) is 4.21 Å². The van der Waals surface area contributed by atoms with Crippen molar-refractivity contribution in [2.75, 3.05) is 17.2 Å². The second kappa shape index (κ2) is 5.20. The van der Waals surface area contributed by atoms with E-state index < -0.39 is 10.8 Å². The van der Waals surface area contributed by atoms with Gasteiger partial charge in [0.05, 0.1) is 5.69 Å². The predicted molar refractivity (Wildman–Crippen MR) is 81.1 cm³/mol. The topological polar surface area (TPSA) is 78.7 Å². The lowest BCUT2D eigenvalue weighted by molar-refractivity contribution is 0.470. The Bertz CT molecular complexity index is 649. The maximum Gasteiger partial charge on any atom is 0.202 e. The molecule has 1 fully saturated rings. The summed E-state index contributed by atoms with van der Waals surface area (Å²) in [4.78, 5) is 4.53. The molecule has 0 amide bonds. The van der Waals surface area contributed by atoms with Crippen LogP contribution in [0.1, 0.15) is 37.9 Å². The van der Waals surface area contributed by atoms with Gasteiger partial charge in [0, 0.05) is 35.4 Å². The summed E-state index contributed by atoms with van der Waals surface area (Å²) in [6, 6.07) is 0.294. The summed E-state index contributed by atoms with van der Waals surface area (Å²) < 4.78 is 15.5. The van der Waals surface area contributed by atoms with Crippen LogP contribution in [0.5, 0.6) is 0 Å². The fraction of sp³-hybridized carbons (Fsp3) is 0.692. The molecule has 0 unspecified atom stereocenters. The van der Waals surface area contributed by atoms with Crippen molar-refractivity contribution >= 4 is 27.9 Å². The van der Waals surface area contributed by atoms with Crippen molar-refractivity contribution in [1.29, 1.82) is 0 Å². The molecule has 1 aliphatic heterocycles. The quantitative estimate of drug-likeness (QED) is 0.928. The summed E-state index contributed by atoms with van der Waals surface area (Å²) >= 11 is 0. The number of rotatable bonds is 3. The van der Waals surface area contributed by atoms with Crippen LogP contribution >= 0.6 is 0 Å². The second-order valence-corrected chi connectivity index (χ2v) is 7.11. The van der Waals surface area contributed by atoms with Gasteiger partial charge in [-0.05, 0) is 19.3 Å². The standard InChI is InChI=1S/C13H21N5OS/c1-3-4-10-11-12(17(2)16-10)18(13(14)15-11)9-5-7-20(19)8-6-9/h9H,3-8H2,1-2H3,(H2,14,15). The van der Waals surface area contributed by atoms with E-state index in [1.54, 1.807) is 0 Å².